The fourth-order valence-electron chi connectivity index (χ4n) is 5.11. The van der Waals surface area contributed by atoms with Gasteiger partial charge in [0.05, 0.1) is 26.7 Å². The van der Waals surface area contributed by atoms with Crippen LogP contribution in [0.15, 0.2) is 35.9 Å². The molecule has 3 rings (SSSR count). The summed E-state index contributed by atoms with van der Waals surface area (Å²) < 4.78 is 17.4. The van der Waals surface area contributed by atoms with Crippen LogP contribution in [0.25, 0.3) is 0 Å². The van der Waals surface area contributed by atoms with Gasteiger partial charge in [-0.1, -0.05) is 43.6 Å². The lowest BCUT2D eigenvalue weighted by Crippen LogP contribution is -2.37. The van der Waals surface area contributed by atoms with E-state index in [0.717, 1.165) is 74.4 Å². The van der Waals surface area contributed by atoms with Crippen LogP contribution in [0.4, 0.5) is 0 Å². The molecule has 0 N–H and O–H groups in total. The van der Waals surface area contributed by atoms with Gasteiger partial charge in [0.1, 0.15) is 11.5 Å². The Kier molecular flexibility index (Phi) is 10.2. The summed E-state index contributed by atoms with van der Waals surface area (Å²) in [5.74, 6) is 1.67. The number of ether oxygens (including phenoxy) is 3. The van der Waals surface area contributed by atoms with Crippen LogP contribution >= 0.6 is 0 Å². The summed E-state index contributed by atoms with van der Waals surface area (Å²) in [5.41, 5.74) is 4.66. The number of esters is 1. The highest BCUT2D eigenvalue weighted by Gasteiger charge is 2.31. The van der Waals surface area contributed by atoms with Crippen LogP contribution in [-0.4, -0.2) is 50.8 Å². The number of unbranched alkanes of at least 4 members (excludes halogenated alkanes) is 2. The lowest BCUT2D eigenvalue weighted by Gasteiger charge is -2.32. The molecule has 2 atom stereocenters. The predicted molar refractivity (Wildman–Crippen MR) is 138 cm³/mol. The molecule has 1 saturated heterocycles. The molecule has 1 aliphatic carbocycles. The molecule has 0 saturated carbocycles. The molecule has 1 aliphatic heterocycles. The molecule has 0 radical (unpaired) electrons. The van der Waals surface area contributed by atoms with Crippen molar-refractivity contribution in [3.63, 3.8) is 0 Å². The predicted octanol–water partition coefficient (Wildman–Crippen LogP) is 6.07. The van der Waals surface area contributed by atoms with Crippen molar-refractivity contribution in [1.29, 1.82) is 0 Å². The lowest BCUT2D eigenvalue weighted by atomic mass is 9.73. The van der Waals surface area contributed by atoms with Crippen molar-refractivity contribution >= 4 is 5.97 Å². The van der Waals surface area contributed by atoms with Crippen LogP contribution < -0.4 is 9.47 Å². The number of carbonyl (C=O) groups is 1. The van der Waals surface area contributed by atoms with Gasteiger partial charge >= 0.3 is 5.97 Å². The van der Waals surface area contributed by atoms with Crippen LogP contribution in [0.2, 0.25) is 0 Å². The minimum absolute atomic E-state index is 0.0907. The largest absolute Gasteiger partial charge is 0.496 e. The molecule has 0 amide bonds. The number of benzene rings is 1. The monoisotopic (exact) mass is 469 g/mol. The molecule has 1 aromatic rings. The molecule has 188 valence electrons. The molecule has 1 fully saturated rings. The molecule has 1 heterocycles. The number of hydrogen-bond donors (Lipinski definition) is 0. The zero-order chi connectivity index (χ0) is 24.5. The summed E-state index contributed by atoms with van der Waals surface area (Å²) in [5, 5.41) is 0. The van der Waals surface area contributed by atoms with E-state index in [4.69, 9.17) is 14.2 Å². The van der Waals surface area contributed by atoms with Gasteiger partial charge in [-0.15, -0.1) is 0 Å². The van der Waals surface area contributed by atoms with E-state index in [-0.39, 0.29) is 11.9 Å². The average Bonchev–Trinajstić information content (AvgIpc) is 2.83. The highest BCUT2D eigenvalue weighted by atomic mass is 16.5. The number of rotatable bonds is 11. The molecule has 34 heavy (non-hydrogen) atoms. The van der Waals surface area contributed by atoms with Gasteiger partial charge in [0.2, 0.25) is 0 Å². The van der Waals surface area contributed by atoms with Gasteiger partial charge in [0.25, 0.3) is 0 Å². The Hall–Kier alpha value is -2.11. The number of methoxy groups -OCH3 is 1. The zero-order valence-electron chi connectivity index (χ0n) is 21.7. The maximum absolute atomic E-state index is 13.0. The number of nitrogens with zero attached hydrogens (tertiary/aromatic N) is 1. The van der Waals surface area contributed by atoms with Crippen molar-refractivity contribution in [2.75, 3.05) is 40.0 Å². The van der Waals surface area contributed by atoms with E-state index in [1.165, 1.54) is 18.4 Å². The lowest BCUT2D eigenvalue weighted by molar-refractivity contribution is -0.135. The first-order valence-electron chi connectivity index (χ1n) is 13.0. The third kappa shape index (κ3) is 7.19. The highest BCUT2D eigenvalue weighted by molar-refractivity contribution is 5.74. The molecule has 0 bridgehead atoms. The van der Waals surface area contributed by atoms with Crippen LogP contribution in [0.3, 0.4) is 0 Å². The van der Waals surface area contributed by atoms with Crippen LogP contribution in [0.5, 0.6) is 11.5 Å². The number of morpholine rings is 1. The number of allylic oxidation sites excluding steroid dienone is 3. The van der Waals surface area contributed by atoms with Gasteiger partial charge in [-0.25, -0.2) is 0 Å². The summed E-state index contributed by atoms with van der Waals surface area (Å²) in [6.07, 6.45) is 9.22. The second-order valence-corrected chi connectivity index (χ2v) is 9.88. The van der Waals surface area contributed by atoms with Gasteiger partial charge in [-0.3, -0.25) is 9.69 Å². The summed E-state index contributed by atoms with van der Waals surface area (Å²) in [6.45, 7) is 14.7. The Labute approximate surface area is 206 Å². The molecular formula is C29H43NO4. The van der Waals surface area contributed by atoms with Crippen molar-refractivity contribution in [2.45, 2.75) is 71.6 Å². The Morgan fingerprint density at radius 3 is 2.62 bits per heavy atom. The summed E-state index contributed by atoms with van der Waals surface area (Å²) in [7, 11) is 1.72. The molecule has 2 aliphatic rings. The van der Waals surface area contributed by atoms with Crippen molar-refractivity contribution in [1.82, 2.24) is 4.90 Å². The van der Waals surface area contributed by atoms with Gasteiger partial charge in [0, 0.05) is 31.1 Å². The summed E-state index contributed by atoms with van der Waals surface area (Å²) in [6, 6.07) is 4.22. The Balaban J connectivity index is 1.91. The van der Waals surface area contributed by atoms with Crippen molar-refractivity contribution in [2.24, 2.45) is 5.92 Å². The van der Waals surface area contributed by atoms with Crippen LogP contribution in [0.1, 0.15) is 76.3 Å². The summed E-state index contributed by atoms with van der Waals surface area (Å²) in [4.78, 5) is 15.2. The minimum Gasteiger partial charge on any atom is -0.496 e. The third-order valence-corrected chi connectivity index (χ3v) is 7.13. The molecule has 5 nitrogen and oxygen atoms in total. The maximum Gasteiger partial charge on any atom is 0.312 e. The van der Waals surface area contributed by atoms with Crippen LogP contribution in [0, 0.1) is 5.92 Å². The minimum atomic E-state index is -0.191. The molecule has 1 aromatic carbocycles. The maximum atomic E-state index is 13.0. The van der Waals surface area contributed by atoms with E-state index in [1.54, 1.807) is 7.11 Å². The number of hydrogen-bond acceptors (Lipinski definition) is 5. The third-order valence-electron chi connectivity index (χ3n) is 7.13. The quantitative estimate of drug-likeness (QED) is 0.170. The Bertz CT molecular complexity index is 869. The fourth-order valence-corrected chi connectivity index (χ4v) is 5.11. The first kappa shape index (κ1) is 26.5. The van der Waals surface area contributed by atoms with Crippen LogP contribution in [-0.2, 0) is 16.0 Å². The molecule has 2 unspecified atom stereocenters. The van der Waals surface area contributed by atoms with Gasteiger partial charge in [-0.05, 0) is 63.1 Å². The first-order valence-corrected chi connectivity index (χ1v) is 13.0. The average molecular weight is 470 g/mol. The number of carbonyl (C=O) groups excluding carboxylic acids is 1. The van der Waals surface area contributed by atoms with Gasteiger partial charge in [-0.2, -0.15) is 0 Å². The summed E-state index contributed by atoms with van der Waals surface area (Å²) >= 11 is 0. The van der Waals surface area contributed by atoms with Crippen molar-refractivity contribution < 1.29 is 19.0 Å². The Morgan fingerprint density at radius 2 is 1.94 bits per heavy atom. The second-order valence-electron chi connectivity index (χ2n) is 9.88. The second kappa shape index (κ2) is 13.1. The molecular weight excluding hydrogens is 426 g/mol. The fraction of sp³-hybridized carbons (Fsp3) is 0.621. The Morgan fingerprint density at radius 1 is 1.21 bits per heavy atom. The molecule has 5 heteroatoms. The van der Waals surface area contributed by atoms with E-state index in [1.807, 2.05) is 0 Å². The van der Waals surface area contributed by atoms with E-state index in [2.05, 4.69) is 50.5 Å². The number of aryl methyl sites for hydroxylation is 1. The van der Waals surface area contributed by atoms with Gasteiger partial charge in [0.15, 0.2) is 0 Å². The SMILES string of the molecule is C=C(C)C1CCC(C)=CC1c1c(OC)cc(CCCCC)cc1OC(=O)CCN1CCOCC1. The topological polar surface area (TPSA) is 48.0 Å². The van der Waals surface area contributed by atoms with E-state index >= 15 is 0 Å². The van der Waals surface area contributed by atoms with Crippen molar-refractivity contribution in [3.05, 3.63) is 47.1 Å². The highest BCUT2D eigenvalue weighted by Crippen LogP contribution is 2.47. The smallest absolute Gasteiger partial charge is 0.312 e. The first-order chi connectivity index (χ1) is 16.4. The van der Waals surface area contributed by atoms with Crippen molar-refractivity contribution in [3.8, 4) is 11.5 Å². The zero-order valence-corrected chi connectivity index (χ0v) is 21.7. The van der Waals surface area contributed by atoms with Gasteiger partial charge < -0.3 is 14.2 Å². The van der Waals surface area contributed by atoms with E-state index < -0.39 is 0 Å². The molecule has 0 aromatic heterocycles. The normalized spacial score (nSPS) is 21.1. The molecule has 0 spiro atoms. The van der Waals surface area contributed by atoms with E-state index in [0.29, 0.717) is 24.6 Å². The standard InChI is InChI=1S/C29H43NO4/c1-6-7-8-9-23-19-26(32-5)29(25-18-22(4)10-11-24(25)21(2)3)27(20-23)34-28(31)12-13-30-14-16-33-17-15-30/h18-20,24-25H,2,6-17H2,1,3-5H3. The van der Waals surface area contributed by atoms with E-state index in [9.17, 15) is 4.79 Å².